The van der Waals surface area contributed by atoms with Crippen molar-refractivity contribution in [1.82, 2.24) is 4.57 Å². The Bertz CT molecular complexity index is 7860. The zero-order valence-corrected chi connectivity index (χ0v) is 74.8. The molecule has 0 saturated heterocycles. The van der Waals surface area contributed by atoms with E-state index in [2.05, 4.69) is 555 Å². The molecule has 0 N–H and O–H groups in total. The molecule has 0 radical (unpaired) electrons. The molecule has 0 bridgehead atoms. The Morgan fingerprint density at radius 2 is 0.474 bits per heavy atom. The number of para-hydroxylation sites is 4. The number of rotatable bonds is 17. The number of aromatic nitrogens is 1. The fourth-order valence-corrected chi connectivity index (χ4v) is 21.5. The average Bonchev–Trinajstić information content (AvgIpc) is 1.52. The SMILES string of the molecule is CC1(C)c2ccccc2-c2c(N(c3ccc(-c4ccccc4)cc3)c3ccc(-c4ccccc4)cc3)ccc(-c3ccc(N(c4ccc(-c5ccccc5)cc4)c4ccc(-c5ccccc5)cc4)cc3)c21.c1ccc(-c2ccc(N(c3ccc(-c4ccc(-n5c6ccccc6c6ccccc65)cc4)cc3)c3cccc4c3-c3ccccc3C43c4ccccc4Oc4ccccc43)cc2)cc1. The van der Waals surface area contributed by atoms with E-state index in [0.29, 0.717) is 0 Å². The third-order valence-electron chi connectivity index (χ3n) is 27.8. The molecule has 25 rings (SSSR count). The summed E-state index contributed by atoms with van der Waals surface area (Å²) >= 11 is 0. The number of hydrogen-bond acceptors (Lipinski definition) is 4. The van der Waals surface area contributed by atoms with Crippen LogP contribution in [0.4, 0.5) is 51.2 Å². The monoisotopic (exact) mass is 1720 g/mol. The van der Waals surface area contributed by atoms with Gasteiger partial charge in [0.2, 0.25) is 0 Å². The van der Waals surface area contributed by atoms with Gasteiger partial charge in [-0.05, 0) is 245 Å². The van der Waals surface area contributed by atoms with Crippen LogP contribution in [-0.2, 0) is 10.8 Å². The maximum atomic E-state index is 6.65. The Morgan fingerprint density at radius 1 is 0.193 bits per heavy atom. The van der Waals surface area contributed by atoms with Crippen molar-refractivity contribution in [1.29, 1.82) is 0 Å². The van der Waals surface area contributed by atoms with E-state index in [-0.39, 0.29) is 5.41 Å². The van der Waals surface area contributed by atoms with E-state index in [1.807, 2.05) is 0 Å². The highest BCUT2D eigenvalue weighted by molar-refractivity contribution is 6.10. The first kappa shape index (κ1) is 80.9. The quantitative estimate of drug-likeness (QED) is 0.0907. The van der Waals surface area contributed by atoms with Crippen molar-refractivity contribution in [3.05, 3.63) is 555 Å². The molecule has 1 aliphatic heterocycles. The van der Waals surface area contributed by atoms with Crippen LogP contribution in [0, 0.1) is 0 Å². The van der Waals surface area contributed by atoms with Crippen LogP contribution in [-0.4, -0.2) is 4.57 Å². The predicted octanol–water partition coefficient (Wildman–Crippen LogP) is 35.3. The van der Waals surface area contributed by atoms with E-state index in [0.717, 1.165) is 85.1 Å². The van der Waals surface area contributed by atoms with Gasteiger partial charge in [-0.2, -0.15) is 0 Å². The normalized spacial score (nSPS) is 12.5. The van der Waals surface area contributed by atoms with Crippen molar-refractivity contribution in [2.75, 3.05) is 14.7 Å². The Balaban J connectivity index is 0.000000149. The highest BCUT2D eigenvalue weighted by Crippen LogP contribution is 2.65. The van der Waals surface area contributed by atoms with E-state index in [9.17, 15) is 0 Å². The molecule has 0 saturated carbocycles. The summed E-state index contributed by atoms with van der Waals surface area (Å²) < 4.78 is 9.03. The van der Waals surface area contributed by atoms with E-state index >= 15 is 0 Å². The summed E-state index contributed by atoms with van der Waals surface area (Å²) in [4.78, 5) is 7.26. The predicted molar refractivity (Wildman–Crippen MR) is 564 cm³/mol. The lowest BCUT2D eigenvalue weighted by Crippen LogP contribution is -2.32. The van der Waals surface area contributed by atoms with Crippen molar-refractivity contribution in [3.8, 4) is 117 Å². The zero-order valence-electron chi connectivity index (χ0n) is 74.8. The van der Waals surface area contributed by atoms with E-state index in [4.69, 9.17) is 4.74 Å². The lowest BCUT2D eigenvalue weighted by Gasteiger charge is -2.39. The fraction of sp³-hybridized carbons (Fsp3) is 0.0308. The first-order chi connectivity index (χ1) is 66.7. The van der Waals surface area contributed by atoms with Crippen molar-refractivity contribution >= 4 is 73.0 Å². The lowest BCUT2D eigenvalue weighted by atomic mass is 9.66. The fourth-order valence-electron chi connectivity index (χ4n) is 21.5. The summed E-state index contributed by atoms with van der Waals surface area (Å²) in [7, 11) is 0. The van der Waals surface area contributed by atoms with Gasteiger partial charge in [0.1, 0.15) is 11.5 Å². The van der Waals surface area contributed by atoms with Crippen LogP contribution in [0.5, 0.6) is 11.5 Å². The van der Waals surface area contributed by atoms with Gasteiger partial charge in [-0.1, -0.05) is 402 Å². The Hall–Kier alpha value is -17.4. The third kappa shape index (κ3) is 14.3. The molecule has 0 fully saturated rings. The highest BCUT2D eigenvalue weighted by atomic mass is 16.5. The van der Waals surface area contributed by atoms with Gasteiger partial charge in [0.05, 0.1) is 27.8 Å². The molecule has 135 heavy (non-hydrogen) atoms. The second-order valence-corrected chi connectivity index (χ2v) is 35.7. The summed E-state index contributed by atoms with van der Waals surface area (Å²) in [6, 6.07) is 189. The summed E-state index contributed by atoms with van der Waals surface area (Å²) in [6.07, 6.45) is 0. The molecule has 0 atom stereocenters. The van der Waals surface area contributed by atoms with Crippen LogP contribution in [0.25, 0.3) is 128 Å². The van der Waals surface area contributed by atoms with Gasteiger partial charge in [0.25, 0.3) is 0 Å². The third-order valence-corrected chi connectivity index (χ3v) is 27.8. The number of ether oxygens (including phenoxy) is 1. The molecule has 5 nitrogen and oxygen atoms in total. The minimum absolute atomic E-state index is 0.275. The molecule has 0 amide bonds. The number of benzene rings is 21. The van der Waals surface area contributed by atoms with Crippen molar-refractivity contribution < 1.29 is 4.74 Å². The van der Waals surface area contributed by atoms with Crippen LogP contribution >= 0.6 is 0 Å². The van der Waals surface area contributed by atoms with Gasteiger partial charge in [0, 0.05) is 83.9 Å². The second kappa shape index (κ2) is 34.2. The van der Waals surface area contributed by atoms with Crippen molar-refractivity contribution in [2.24, 2.45) is 0 Å². The van der Waals surface area contributed by atoms with Gasteiger partial charge >= 0.3 is 0 Å². The molecule has 5 heteroatoms. The Kier molecular flexibility index (Phi) is 20.5. The van der Waals surface area contributed by atoms with Gasteiger partial charge in [-0.25, -0.2) is 0 Å². The summed E-state index contributed by atoms with van der Waals surface area (Å²) in [6.45, 7) is 4.79. The molecule has 2 heterocycles. The summed E-state index contributed by atoms with van der Waals surface area (Å²) in [5.74, 6) is 1.78. The van der Waals surface area contributed by atoms with Crippen LogP contribution < -0.4 is 19.4 Å². The van der Waals surface area contributed by atoms with Gasteiger partial charge in [-0.3, -0.25) is 0 Å². The molecule has 1 aromatic heterocycles. The topological polar surface area (TPSA) is 23.9 Å². The van der Waals surface area contributed by atoms with Crippen LogP contribution in [0.3, 0.4) is 0 Å². The van der Waals surface area contributed by atoms with Gasteiger partial charge < -0.3 is 24.0 Å². The molecule has 0 unspecified atom stereocenters. The van der Waals surface area contributed by atoms with Gasteiger partial charge in [0.15, 0.2) is 0 Å². The van der Waals surface area contributed by atoms with Crippen LogP contribution in [0.15, 0.2) is 522 Å². The van der Waals surface area contributed by atoms with Crippen molar-refractivity contribution in [3.63, 3.8) is 0 Å². The maximum Gasteiger partial charge on any atom is 0.132 e. The van der Waals surface area contributed by atoms with Gasteiger partial charge in [-0.15, -0.1) is 0 Å². The molecule has 1 spiro atoms. The standard InChI is InChI=1S/C69H52N2.C61H40N2O/c1-69(2)65-26-16-15-25-64(65)67-66(71(61-41-31-55(32-42-61)51-21-11-5-12-22-51)62-43-33-56(34-44-62)52-23-13-6-14-24-52)48-47-63(68(67)69)57-35-45-60(46-36-57)70(58-37-27-53(28-38-58)49-17-7-3-8-18-49)59-39-29-54(30-40-59)50-19-9-4-10-20-50;1-2-15-41(16-3-1)42-29-35-45(36-30-42)62(46-37-31-43(32-38-46)44-33-39-47(40-34-44)63-55-24-10-5-17-48(55)49-18-6-11-25-56(49)63)57-26-14-23-54-60(57)50-19-4-7-20-51(50)61(54)52-21-8-12-27-58(52)64-59-28-13-9-22-53(59)61/h3-48H,1-2H3;1-40H. The Labute approximate surface area is 788 Å². The summed E-state index contributed by atoms with van der Waals surface area (Å²) in [5.41, 5.74) is 41.9. The maximum absolute atomic E-state index is 6.65. The molecular weight excluding hydrogens is 1630 g/mol. The number of fused-ring (bicyclic) bond motifs is 15. The smallest absolute Gasteiger partial charge is 0.132 e. The van der Waals surface area contributed by atoms with E-state index in [1.54, 1.807) is 0 Å². The molecule has 21 aromatic carbocycles. The van der Waals surface area contributed by atoms with Crippen molar-refractivity contribution in [2.45, 2.75) is 24.7 Å². The van der Waals surface area contributed by atoms with E-state index < -0.39 is 5.41 Å². The molecular formula is C130H92N4O. The number of hydrogen-bond donors (Lipinski definition) is 0. The molecule has 2 aliphatic carbocycles. The number of anilines is 9. The highest BCUT2D eigenvalue weighted by Gasteiger charge is 2.52. The molecule has 22 aromatic rings. The second-order valence-electron chi connectivity index (χ2n) is 35.7. The average molecular weight is 1730 g/mol. The largest absolute Gasteiger partial charge is 0.457 e. The lowest BCUT2D eigenvalue weighted by molar-refractivity contribution is 0.436. The van der Waals surface area contributed by atoms with Crippen LogP contribution in [0.1, 0.15) is 47.2 Å². The van der Waals surface area contributed by atoms with Crippen LogP contribution in [0.2, 0.25) is 0 Å². The molecule has 3 aliphatic rings. The first-order valence-electron chi connectivity index (χ1n) is 46.6. The first-order valence-corrected chi connectivity index (χ1v) is 46.6. The van der Waals surface area contributed by atoms with E-state index in [1.165, 1.54) is 139 Å². The minimum Gasteiger partial charge on any atom is -0.457 e. The Morgan fingerprint density at radius 3 is 0.859 bits per heavy atom. The summed E-state index contributed by atoms with van der Waals surface area (Å²) in [5, 5.41) is 2.53. The zero-order chi connectivity index (χ0) is 89.9. The minimum atomic E-state index is -0.564. The molecule has 638 valence electrons. The number of nitrogens with zero attached hydrogens (tertiary/aromatic N) is 4.